The van der Waals surface area contributed by atoms with Gasteiger partial charge in [0.05, 0.1) is 30.1 Å². The average molecular weight is 325 g/mol. The molecule has 0 unspecified atom stereocenters. The van der Waals surface area contributed by atoms with Gasteiger partial charge in [0.15, 0.2) is 0 Å². The van der Waals surface area contributed by atoms with Crippen molar-refractivity contribution in [2.75, 3.05) is 14.2 Å². The summed E-state index contributed by atoms with van der Waals surface area (Å²) >= 11 is 3.60. The molecule has 0 fully saturated rings. The molecule has 1 heterocycles. The predicted molar refractivity (Wildman–Crippen MR) is 78.9 cm³/mol. The van der Waals surface area contributed by atoms with Crippen LogP contribution in [0.2, 0.25) is 0 Å². The summed E-state index contributed by atoms with van der Waals surface area (Å²) in [6.07, 6.45) is 0. The molecule has 0 spiro atoms. The molecule has 0 aliphatic carbocycles. The van der Waals surface area contributed by atoms with Crippen molar-refractivity contribution >= 4 is 15.9 Å². The first-order valence-corrected chi connectivity index (χ1v) is 6.71. The number of hydrogen-bond acceptors (Lipinski definition) is 3. The molecule has 19 heavy (non-hydrogen) atoms. The van der Waals surface area contributed by atoms with E-state index in [1.54, 1.807) is 14.2 Å². The van der Waals surface area contributed by atoms with Crippen molar-refractivity contribution in [1.29, 1.82) is 0 Å². The van der Waals surface area contributed by atoms with Gasteiger partial charge in [0.25, 0.3) is 0 Å². The highest BCUT2D eigenvalue weighted by Crippen LogP contribution is 2.40. The fourth-order valence-corrected chi connectivity index (χ4v) is 2.74. The van der Waals surface area contributed by atoms with E-state index in [2.05, 4.69) is 21.0 Å². The highest BCUT2D eigenvalue weighted by atomic mass is 79.9. The van der Waals surface area contributed by atoms with Gasteiger partial charge in [0, 0.05) is 18.7 Å². The fourth-order valence-electron chi connectivity index (χ4n) is 2.21. The van der Waals surface area contributed by atoms with E-state index in [1.807, 2.05) is 37.7 Å². The van der Waals surface area contributed by atoms with Gasteiger partial charge < -0.3 is 9.47 Å². The zero-order valence-electron chi connectivity index (χ0n) is 11.7. The Labute approximate surface area is 121 Å². The van der Waals surface area contributed by atoms with Gasteiger partial charge in [0.1, 0.15) is 11.5 Å². The first-order chi connectivity index (χ1) is 8.99. The molecule has 102 valence electrons. The molecule has 1 aromatic heterocycles. The molecule has 0 saturated heterocycles. The first-order valence-electron chi connectivity index (χ1n) is 5.91. The maximum Gasteiger partial charge on any atom is 0.132 e. The zero-order valence-corrected chi connectivity index (χ0v) is 13.3. The Bertz CT molecular complexity index is 620. The molecule has 0 amide bonds. The standard InChI is InChI=1S/C14H17BrN2O2/c1-8-6-10(18-4)7-11(19-5)12(8)14-13(15)9(2)16-17(14)3/h6-7H,1-5H3. The van der Waals surface area contributed by atoms with Crippen LogP contribution in [-0.4, -0.2) is 24.0 Å². The van der Waals surface area contributed by atoms with Crippen LogP contribution in [-0.2, 0) is 7.05 Å². The van der Waals surface area contributed by atoms with E-state index < -0.39 is 0 Å². The van der Waals surface area contributed by atoms with E-state index in [9.17, 15) is 0 Å². The van der Waals surface area contributed by atoms with E-state index in [0.29, 0.717) is 0 Å². The van der Waals surface area contributed by atoms with Crippen molar-refractivity contribution in [2.24, 2.45) is 7.05 Å². The second kappa shape index (κ2) is 5.25. The molecule has 0 N–H and O–H groups in total. The third-order valence-electron chi connectivity index (χ3n) is 3.11. The molecule has 2 rings (SSSR count). The lowest BCUT2D eigenvalue weighted by molar-refractivity contribution is 0.394. The minimum Gasteiger partial charge on any atom is -0.497 e. The van der Waals surface area contributed by atoms with E-state index in [0.717, 1.165) is 38.5 Å². The number of nitrogens with zero attached hydrogens (tertiary/aromatic N) is 2. The monoisotopic (exact) mass is 324 g/mol. The second-order valence-electron chi connectivity index (χ2n) is 4.39. The number of ether oxygens (including phenoxy) is 2. The minimum atomic E-state index is 0.778. The maximum atomic E-state index is 5.50. The van der Waals surface area contributed by atoms with Crippen LogP contribution < -0.4 is 9.47 Å². The number of methoxy groups -OCH3 is 2. The number of aromatic nitrogens is 2. The quantitative estimate of drug-likeness (QED) is 0.867. The molecule has 5 heteroatoms. The van der Waals surface area contributed by atoms with Crippen LogP contribution in [0.25, 0.3) is 11.3 Å². The van der Waals surface area contributed by atoms with Crippen LogP contribution in [0.15, 0.2) is 16.6 Å². The lowest BCUT2D eigenvalue weighted by Gasteiger charge is -2.14. The number of aryl methyl sites for hydroxylation is 3. The highest BCUT2D eigenvalue weighted by Gasteiger charge is 2.19. The third-order valence-corrected chi connectivity index (χ3v) is 4.06. The molecule has 0 bridgehead atoms. The van der Waals surface area contributed by atoms with Gasteiger partial charge in [-0.15, -0.1) is 0 Å². The van der Waals surface area contributed by atoms with Gasteiger partial charge in [-0.05, 0) is 41.4 Å². The van der Waals surface area contributed by atoms with Crippen LogP contribution in [0, 0.1) is 13.8 Å². The smallest absolute Gasteiger partial charge is 0.132 e. The Balaban J connectivity index is 2.74. The maximum absolute atomic E-state index is 5.50. The molecular weight excluding hydrogens is 308 g/mol. The molecule has 0 aliphatic rings. The van der Waals surface area contributed by atoms with E-state index in [-0.39, 0.29) is 0 Å². The Kier molecular flexibility index (Phi) is 3.85. The second-order valence-corrected chi connectivity index (χ2v) is 5.19. The van der Waals surface area contributed by atoms with Crippen LogP contribution in [0.5, 0.6) is 11.5 Å². The van der Waals surface area contributed by atoms with E-state index in [1.165, 1.54) is 0 Å². The van der Waals surface area contributed by atoms with Gasteiger partial charge in [-0.3, -0.25) is 4.68 Å². The summed E-state index contributed by atoms with van der Waals surface area (Å²) in [4.78, 5) is 0. The summed E-state index contributed by atoms with van der Waals surface area (Å²) in [6, 6.07) is 3.88. The van der Waals surface area contributed by atoms with Crippen molar-refractivity contribution in [3.05, 3.63) is 27.9 Å². The molecule has 0 aliphatic heterocycles. The van der Waals surface area contributed by atoms with Crippen LogP contribution >= 0.6 is 15.9 Å². The minimum absolute atomic E-state index is 0.778. The summed E-state index contributed by atoms with van der Waals surface area (Å²) in [5.41, 5.74) is 4.07. The largest absolute Gasteiger partial charge is 0.497 e. The van der Waals surface area contributed by atoms with Gasteiger partial charge in [0.2, 0.25) is 0 Å². The molecule has 2 aromatic rings. The van der Waals surface area contributed by atoms with E-state index >= 15 is 0 Å². The number of halogens is 1. The number of benzene rings is 1. The molecule has 0 saturated carbocycles. The predicted octanol–water partition coefficient (Wildman–Crippen LogP) is 3.48. The van der Waals surface area contributed by atoms with Gasteiger partial charge in [-0.2, -0.15) is 5.10 Å². The van der Waals surface area contributed by atoms with Crippen molar-refractivity contribution in [1.82, 2.24) is 9.78 Å². The molecule has 0 atom stereocenters. The van der Waals surface area contributed by atoms with Crippen molar-refractivity contribution in [2.45, 2.75) is 13.8 Å². The molecule has 0 radical (unpaired) electrons. The van der Waals surface area contributed by atoms with Crippen molar-refractivity contribution in [3.8, 4) is 22.8 Å². The Morgan fingerprint density at radius 2 is 1.84 bits per heavy atom. The van der Waals surface area contributed by atoms with Crippen molar-refractivity contribution < 1.29 is 9.47 Å². The average Bonchev–Trinajstić information content (AvgIpc) is 2.63. The number of rotatable bonds is 3. The fraction of sp³-hybridized carbons (Fsp3) is 0.357. The van der Waals surface area contributed by atoms with Crippen LogP contribution in [0.3, 0.4) is 0 Å². The Morgan fingerprint density at radius 3 is 2.32 bits per heavy atom. The summed E-state index contributed by atoms with van der Waals surface area (Å²) in [5, 5.41) is 4.43. The molecular formula is C14H17BrN2O2. The van der Waals surface area contributed by atoms with Gasteiger partial charge in [-0.25, -0.2) is 0 Å². The highest BCUT2D eigenvalue weighted by molar-refractivity contribution is 9.10. The Morgan fingerprint density at radius 1 is 1.16 bits per heavy atom. The third kappa shape index (κ3) is 2.34. The van der Waals surface area contributed by atoms with Crippen LogP contribution in [0.4, 0.5) is 0 Å². The number of hydrogen-bond donors (Lipinski definition) is 0. The summed E-state index contributed by atoms with van der Waals surface area (Å²) in [5.74, 6) is 1.56. The summed E-state index contributed by atoms with van der Waals surface area (Å²) in [6.45, 7) is 4.01. The van der Waals surface area contributed by atoms with Crippen molar-refractivity contribution in [3.63, 3.8) is 0 Å². The topological polar surface area (TPSA) is 36.3 Å². The SMILES string of the molecule is COc1cc(C)c(-c2c(Br)c(C)nn2C)c(OC)c1. The van der Waals surface area contributed by atoms with Gasteiger partial charge >= 0.3 is 0 Å². The lowest BCUT2D eigenvalue weighted by Crippen LogP contribution is -1.99. The summed E-state index contributed by atoms with van der Waals surface area (Å²) < 4.78 is 13.6. The Hall–Kier alpha value is -1.49. The zero-order chi connectivity index (χ0) is 14.2. The van der Waals surface area contributed by atoms with Crippen LogP contribution in [0.1, 0.15) is 11.3 Å². The van der Waals surface area contributed by atoms with Gasteiger partial charge in [-0.1, -0.05) is 0 Å². The lowest BCUT2D eigenvalue weighted by atomic mass is 10.0. The van der Waals surface area contributed by atoms with E-state index in [4.69, 9.17) is 9.47 Å². The molecule has 1 aromatic carbocycles. The normalized spacial score (nSPS) is 10.6. The first kappa shape index (κ1) is 13.9. The summed E-state index contributed by atoms with van der Waals surface area (Å²) in [7, 11) is 5.24. The molecule has 4 nitrogen and oxygen atoms in total.